The maximum absolute atomic E-state index is 14.8. The van der Waals surface area contributed by atoms with Crippen LogP contribution in [0.15, 0.2) is 42.5 Å². The van der Waals surface area contributed by atoms with E-state index in [0.717, 1.165) is 18.4 Å². The number of aryl methyl sites for hydroxylation is 1. The third-order valence-electron chi connectivity index (χ3n) is 5.16. The molecule has 4 rings (SSSR count). The Hall–Kier alpha value is -3.48. The summed E-state index contributed by atoms with van der Waals surface area (Å²) in [6.07, 6.45) is 1.90. The van der Waals surface area contributed by atoms with Gasteiger partial charge in [-0.2, -0.15) is 13.2 Å². The zero-order chi connectivity index (χ0) is 22.8. The first-order valence-corrected chi connectivity index (χ1v) is 10.4. The Morgan fingerprint density at radius 3 is 2.31 bits per heavy atom. The molecule has 3 aromatic rings. The van der Waals surface area contributed by atoms with Crippen molar-refractivity contribution in [3.05, 3.63) is 82.2 Å². The number of halogens is 3. The van der Waals surface area contributed by atoms with Gasteiger partial charge < -0.3 is 14.2 Å². The van der Waals surface area contributed by atoms with Crippen molar-refractivity contribution >= 4 is 5.97 Å². The Bertz CT molecular complexity index is 1170. The molecule has 0 spiro atoms. The number of fused-ring (bicyclic) bond motifs is 2. The number of ether oxygens (including phenoxy) is 3. The van der Waals surface area contributed by atoms with Crippen LogP contribution in [-0.2, 0) is 12.8 Å². The van der Waals surface area contributed by atoms with E-state index in [0.29, 0.717) is 5.56 Å². The number of carbonyl (C=O) groups is 1. The fourth-order valence-electron chi connectivity index (χ4n) is 3.61. The van der Waals surface area contributed by atoms with Crippen molar-refractivity contribution in [1.29, 1.82) is 0 Å². The maximum atomic E-state index is 14.8. The van der Waals surface area contributed by atoms with Crippen LogP contribution in [0.25, 0.3) is 0 Å². The minimum atomic E-state index is -1.38. The predicted molar refractivity (Wildman–Crippen MR) is 112 cm³/mol. The van der Waals surface area contributed by atoms with Gasteiger partial charge in [-0.3, -0.25) is 0 Å². The monoisotopic (exact) mass is 442 g/mol. The lowest BCUT2D eigenvalue weighted by molar-refractivity contribution is 0.0726. The van der Waals surface area contributed by atoms with Crippen molar-refractivity contribution < 1.29 is 32.2 Å². The van der Waals surface area contributed by atoms with Crippen molar-refractivity contribution in [3.8, 4) is 23.0 Å². The largest absolute Gasteiger partial charge is 0.491 e. The predicted octanol–water partition coefficient (Wildman–Crippen LogP) is 6.37. The van der Waals surface area contributed by atoms with E-state index < -0.39 is 34.9 Å². The summed E-state index contributed by atoms with van der Waals surface area (Å²) in [5.41, 5.74) is 1.95. The molecule has 1 heterocycles. The molecule has 7 heteroatoms. The number of hydrogen-bond donors (Lipinski definition) is 0. The van der Waals surface area contributed by atoms with E-state index in [-0.39, 0.29) is 35.7 Å². The van der Waals surface area contributed by atoms with E-state index >= 15 is 0 Å². The summed E-state index contributed by atoms with van der Waals surface area (Å²) in [5, 5.41) is 0. The van der Waals surface area contributed by atoms with Crippen molar-refractivity contribution in [2.24, 2.45) is 0 Å². The topological polar surface area (TPSA) is 44.8 Å². The van der Waals surface area contributed by atoms with Crippen LogP contribution in [0, 0.1) is 17.5 Å². The van der Waals surface area contributed by atoms with Gasteiger partial charge in [0.1, 0.15) is 0 Å². The number of benzene rings is 3. The third-order valence-corrected chi connectivity index (χ3v) is 5.16. The Balaban J connectivity index is 1.61. The molecule has 4 nitrogen and oxygen atoms in total. The number of esters is 1. The van der Waals surface area contributed by atoms with Crippen LogP contribution in [0.3, 0.4) is 0 Å². The first kappa shape index (κ1) is 21.7. The second-order valence-corrected chi connectivity index (χ2v) is 7.41. The molecule has 0 atom stereocenters. The minimum absolute atomic E-state index is 0.0360. The third kappa shape index (κ3) is 4.02. The molecule has 32 heavy (non-hydrogen) atoms. The highest BCUT2D eigenvalue weighted by atomic mass is 19.2. The quantitative estimate of drug-likeness (QED) is 0.257. The van der Waals surface area contributed by atoms with E-state index in [4.69, 9.17) is 14.2 Å². The molecule has 0 radical (unpaired) electrons. The fourth-order valence-corrected chi connectivity index (χ4v) is 3.61. The van der Waals surface area contributed by atoms with Crippen LogP contribution < -0.4 is 14.2 Å². The maximum Gasteiger partial charge on any atom is 0.343 e. The van der Waals surface area contributed by atoms with Crippen LogP contribution in [0.2, 0.25) is 0 Å². The Morgan fingerprint density at radius 1 is 0.906 bits per heavy atom. The molecule has 1 aliphatic rings. The summed E-state index contributed by atoms with van der Waals surface area (Å²) >= 11 is 0. The van der Waals surface area contributed by atoms with Crippen molar-refractivity contribution in [2.75, 3.05) is 6.61 Å². The van der Waals surface area contributed by atoms with Gasteiger partial charge in [-0.1, -0.05) is 31.5 Å². The Morgan fingerprint density at radius 2 is 1.62 bits per heavy atom. The van der Waals surface area contributed by atoms with Gasteiger partial charge in [-0.25, -0.2) is 4.79 Å². The highest BCUT2D eigenvalue weighted by molar-refractivity contribution is 5.91. The van der Waals surface area contributed by atoms with Gasteiger partial charge in [-0.05, 0) is 43.2 Å². The van der Waals surface area contributed by atoms with E-state index in [9.17, 15) is 18.0 Å². The van der Waals surface area contributed by atoms with E-state index in [2.05, 4.69) is 0 Å². The molecular weight excluding hydrogens is 421 g/mol. The highest BCUT2D eigenvalue weighted by Crippen LogP contribution is 2.44. The van der Waals surface area contributed by atoms with Crippen LogP contribution in [0.4, 0.5) is 13.2 Å². The van der Waals surface area contributed by atoms with Crippen molar-refractivity contribution in [2.45, 2.75) is 33.1 Å². The molecule has 3 aromatic carbocycles. The van der Waals surface area contributed by atoms with Gasteiger partial charge in [0.15, 0.2) is 23.0 Å². The average molecular weight is 442 g/mol. The first-order chi connectivity index (χ1) is 15.4. The number of hydrogen-bond acceptors (Lipinski definition) is 4. The summed E-state index contributed by atoms with van der Waals surface area (Å²) in [6, 6.07) is 11.0. The zero-order valence-corrected chi connectivity index (χ0v) is 17.6. The number of carbonyl (C=O) groups excluding carboxylic acids is 1. The molecule has 0 N–H and O–H groups in total. The normalized spacial score (nSPS) is 11.9. The summed E-state index contributed by atoms with van der Waals surface area (Å²) < 4.78 is 59.8. The van der Waals surface area contributed by atoms with E-state index in [1.54, 1.807) is 37.3 Å². The van der Waals surface area contributed by atoms with Gasteiger partial charge in [0.2, 0.25) is 17.5 Å². The van der Waals surface area contributed by atoms with Crippen LogP contribution in [0.1, 0.15) is 47.3 Å². The highest BCUT2D eigenvalue weighted by Gasteiger charge is 2.30. The molecule has 0 unspecified atom stereocenters. The lowest BCUT2D eigenvalue weighted by atomic mass is 9.99. The summed E-state index contributed by atoms with van der Waals surface area (Å²) in [5.74, 6) is -5.56. The average Bonchev–Trinajstić information content (AvgIpc) is 2.79. The smallest absolute Gasteiger partial charge is 0.343 e. The molecule has 1 aliphatic heterocycles. The zero-order valence-electron chi connectivity index (χ0n) is 17.6. The van der Waals surface area contributed by atoms with Crippen molar-refractivity contribution in [1.82, 2.24) is 0 Å². The lowest BCUT2D eigenvalue weighted by Gasteiger charge is -2.23. The van der Waals surface area contributed by atoms with Crippen LogP contribution in [-0.4, -0.2) is 12.6 Å². The van der Waals surface area contributed by atoms with E-state index in [1.165, 1.54) is 12.1 Å². The number of rotatable bonds is 6. The van der Waals surface area contributed by atoms with Gasteiger partial charge in [0.05, 0.1) is 12.2 Å². The Kier molecular flexibility index (Phi) is 6.08. The molecule has 0 aromatic heterocycles. The lowest BCUT2D eigenvalue weighted by Crippen LogP contribution is -2.13. The first-order valence-electron chi connectivity index (χ1n) is 10.4. The second-order valence-electron chi connectivity index (χ2n) is 7.41. The molecule has 0 amide bonds. The molecule has 166 valence electrons. The summed E-state index contributed by atoms with van der Waals surface area (Å²) in [7, 11) is 0. The van der Waals surface area contributed by atoms with Gasteiger partial charge in [0.25, 0.3) is 0 Å². The van der Waals surface area contributed by atoms with Gasteiger partial charge >= 0.3 is 5.97 Å². The molecule has 0 saturated heterocycles. The van der Waals surface area contributed by atoms with Crippen LogP contribution >= 0.6 is 0 Å². The SMILES string of the molecule is CCCc1ccc(C(=O)Oc2cc3c(c(F)c2F)Oc2c(ccc(OCC)c2F)C3)cc1. The summed E-state index contributed by atoms with van der Waals surface area (Å²) in [4.78, 5) is 12.5. The molecule has 0 saturated carbocycles. The van der Waals surface area contributed by atoms with Gasteiger partial charge in [-0.15, -0.1) is 0 Å². The standard InChI is InChI=1S/C25H21F3O4/c1-3-5-14-6-8-15(9-7-14)25(29)31-19-13-17-12-16-10-11-18(30-4-2)21(27)23(16)32-24(17)22(28)20(19)26/h6-11,13H,3-5,12H2,1-2H3. The molecule has 0 fully saturated rings. The molecule has 0 bridgehead atoms. The molecular formula is C25H21F3O4. The minimum Gasteiger partial charge on any atom is -0.491 e. The molecule has 0 aliphatic carbocycles. The van der Waals surface area contributed by atoms with Crippen molar-refractivity contribution in [3.63, 3.8) is 0 Å². The second kappa shape index (κ2) is 8.94. The van der Waals surface area contributed by atoms with E-state index in [1.807, 2.05) is 6.92 Å². The van der Waals surface area contributed by atoms with Gasteiger partial charge in [0, 0.05) is 17.5 Å². The summed E-state index contributed by atoms with van der Waals surface area (Å²) in [6.45, 7) is 3.99. The fraction of sp³-hybridized carbons (Fsp3) is 0.240. The van der Waals surface area contributed by atoms with Crippen LogP contribution in [0.5, 0.6) is 23.0 Å². The Labute approximate surface area is 183 Å².